The number of ether oxygens (including phenoxy) is 1. The Morgan fingerprint density at radius 3 is 2.29 bits per heavy atom. The highest BCUT2D eigenvalue weighted by Gasteiger charge is 2.12. The van der Waals surface area contributed by atoms with Gasteiger partial charge in [-0.1, -0.05) is 0 Å². The summed E-state index contributed by atoms with van der Waals surface area (Å²) in [6.07, 6.45) is -0.161. The number of hydrogen-bond donors (Lipinski definition) is 1. The van der Waals surface area contributed by atoms with E-state index in [0.29, 0.717) is 11.4 Å². The summed E-state index contributed by atoms with van der Waals surface area (Å²) in [6.45, 7) is 4.98. The molecule has 1 heterocycles. The molecule has 0 saturated carbocycles. The molecular weight excluding hydrogens is 182 g/mol. The summed E-state index contributed by atoms with van der Waals surface area (Å²) < 4.78 is 4.95. The van der Waals surface area contributed by atoms with Crippen LogP contribution >= 0.6 is 0 Å². The van der Waals surface area contributed by atoms with Gasteiger partial charge in [-0.2, -0.15) is 0 Å². The second kappa shape index (κ2) is 4.09. The van der Waals surface area contributed by atoms with Crippen molar-refractivity contribution in [2.75, 3.05) is 0 Å². The summed E-state index contributed by atoms with van der Waals surface area (Å²) >= 11 is 0. The van der Waals surface area contributed by atoms with Crippen molar-refractivity contribution < 1.29 is 14.3 Å². The number of aromatic nitrogens is 1. The molecule has 0 spiro atoms. The fraction of sp³-hybridized carbons (Fsp3) is 0.400. The van der Waals surface area contributed by atoms with E-state index >= 15 is 0 Å². The Hall–Kier alpha value is -1.58. The van der Waals surface area contributed by atoms with Gasteiger partial charge in [0.25, 0.3) is 0 Å². The fourth-order valence-electron chi connectivity index (χ4n) is 0.997. The van der Waals surface area contributed by atoms with Crippen molar-refractivity contribution in [3.05, 3.63) is 23.5 Å². The lowest BCUT2D eigenvalue weighted by atomic mass is 10.3. The van der Waals surface area contributed by atoms with Crippen LogP contribution in [-0.4, -0.2) is 22.8 Å². The molecule has 0 aromatic carbocycles. The van der Waals surface area contributed by atoms with E-state index < -0.39 is 5.97 Å². The summed E-state index contributed by atoms with van der Waals surface area (Å²) in [5.41, 5.74) is 0.726. The van der Waals surface area contributed by atoms with Crippen LogP contribution in [0.1, 0.15) is 41.7 Å². The SMILES string of the molecule is CC(=O)c1ccc(C(=O)OC(C)C)[nH]1. The topological polar surface area (TPSA) is 59.2 Å². The van der Waals surface area contributed by atoms with Gasteiger partial charge in [-0.25, -0.2) is 4.79 Å². The smallest absolute Gasteiger partial charge is 0.355 e. The zero-order valence-electron chi connectivity index (χ0n) is 8.46. The van der Waals surface area contributed by atoms with Crippen LogP contribution in [0.25, 0.3) is 0 Å². The molecule has 0 aliphatic rings. The van der Waals surface area contributed by atoms with Crippen LogP contribution in [0.5, 0.6) is 0 Å². The molecule has 0 fully saturated rings. The molecule has 0 unspecified atom stereocenters. The summed E-state index contributed by atoms with van der Waals surface area (Å²) in [7, 11) is 0. The first-order valence-corrected chi connectivity index (χ1v) is 4.41. The number of carbonyl (C=O) groups excluding carboxylic acids is 2. The Morgan fingerprint density at radius 2 is 1.86 bits per heavy atom. The second-order valence-electron chi connectivity index (χ2n) is 3.30. The largest absolute Gasteiger partial charge is 0.458 e. The molecule has 4 nitrogen and oxygen atoms in total. The van der Waals surface area contributed by atoms with Crippen molar-refractivity contribution in [1.29, 1.82) is 0 Å². The van der Waals surface area contributed by atoms with Crippen LogP contribution in [0.4, 0.5) is 0 Å². The molecule has 0 radical (unpaired) electrons. The predicted molar refractivity (Wildman–Crippen MR) is 51.3 cm³/mol. The molecule has 1 aromatic heterocycles. The molecule has 1 aromatic rings. The maximum atomic E-state index is 11.3. The van der Waals surface area contributed by atoms with Gasteiger partial charge in [-0.05, 0) is 26.0 Å². The van der Waals surface area contributed by atoms with E-state index in [-0.39, 0.29) is 11.9 Å². The van der Waals surface area contributed by atoms with Gasteiger partial charge in [-0.15, -0.1) is 0 Å². The van der Waals surface area contributed by atoms with Gasteiger partial charge in [0.1, 0.15) is 5.69 Å². The van der Waals surface area contributed by atoms with E-state index in [1.165, 1.54) is 6.92 Å². The van der Waals surface area contributed by atoms with Crippen molar-refractivity contribution in [2.24, 2.45) is 0 Å². The third-order valence-electron chi connectivity index (χ3n) is 1.63. The Bertz CT molecular complexity index is 352. The maximum Gasteiger partial charge on any atom is 0.355 e. The molecule has 0 saturated heterocycles. The van der Waals surface area contributed by atoms with Crippen molar-refractivity contribution in [3.8, 4) is 0 Å². The zero-order valence-corrected chi connectivity index (χ0v) is 8.46. The summed E-state index contributed by atoms with van der Waals surface area (Å²) in [6, 6.07) is 3.11. The quantitative estimate of drug-likeness (QED) is 0.590. The zero-order chi connectivity index (χ0) is 10.7. The van der Waals surface area contributed by atoms with E-state index in [0.717, 1.165) is 0 Å². The molecule has 1 rings (SSSR count). The molecule has 76 valence electrons. The number of rotatable bonds is 3. The van der Waals surface area contributed by atoms with E-state index in [4.69, 9.17) is 4.74 Å². The molecule has 1 N–H and O–H groups in total. The highest BCUT2D eigenvalue weighted by atomic mass is 16.5. The van der Waals surface area contributed by atoms with Crippen LogP contribution in [0, 0.1) is 0 Å². The number of carbonyl (C=O) groups is 2. The Balaban J connectivity index is 2.76. The number of nitrogens with one attached hydrogen (secondary N) is 1. The fourth-order valence-corrected chi connectivity index (χ4v) is 0.997. The molecule has 4 heteroatoms. The minimum atomic E-state index is -0.437. The number of H-pyrrole nitrogens is 1. The van der Waals surface area contributed by atoms with Gasteiger partial charge < -0.3 is 9.72 Å². The van der Waals surface area contributed by atoms with Gasteiger partial charge in [0.15, 0.2) is 5.78 Å². The first kappa shape index (κ1) is 10.5. The minimum Gasteiger partial charge on any atom is -0.458 e. The van der Waals surface area contributed by atoms with Crippen LogP contribution in [-0.2, 0) is 4.74 Å². The number of Topliss-reactive ketones (excluding diaryl/α,β-unsaturated/α-hetero) is 1. The maximum absolute atomic E-state index is 11.3. The van der Waals surface area contributed by atoms with E-state index in [1.54, 1.807) is 26.0 Å². The molecule has 0 aliphatic heterocycles. The van der Waals surface area contributed by atoms with E-state index in [9.17, 15) is 9.59 Å². The van der Waals surface area contributed by atoms with Crippen molar-refractivity contribution in [1.82, 2.24) is 4.98 Å². The van der Waals surface area contributed by atoms with Crippen molar-refractivity contribution >= 4 is 11.8 Å². The average molecular weight is 195 g/mol. The van der Waals surface area contributed by atoms with Crippen LogP contribution < -0.4 is 0 Å². The van der Waals surface area contributed by atoms with Gasteiger partial charge in [0.05, 0.1) is 11.8 Å². The first-order chi connectivity index (χ1) is 6.50. The number of esters is 1. The summed E-state index contributed by atoms with van der Waals surface area (Å²) in [5.74, 6) is -0.541. The summed E-state index contributed by atoms with van der Waals surface area (Å²) in [5, 5.41) is 0. The Labute approximate surface area is 82.3 Å². The monoisotopic (exact) mass is 195 g/mol. The Morgan fingerprint density at radius 1 is 1.29 bits per heavy atom. The Kier molecular flexibility index (Phi) is 3.06. The van der Waals surface area contributed by atoms with Crippen molar-refractivity contribution in [2.45, 2.75) is 26.9 Å². The predicted octanol–water partition coefficient (Wildman–Crippen LogP) is 1.78. The first-order valence-electron chi connectivity index (χ1n) is 4.41. The molecule has 0 atom stereocenters. The van der Waals surface area contributed by atoms with Crippen LogP contribution in [0.15, 0.2) is 12.1 Å². The van der Waals surface area contributed by atoms with Gasteiger partial charge in [-0.3, -0.25) is 4.79 Å². The lowest BCUT2D eigenvalue weighted by molar-refractivity contribution is 0.0371. The minimum absolute atomic E-state index is 0.103. The summed E-state index contributed by atoms with van der Waals surface area (Å²) in [4.78, 5) is 24.9. The molecule has 0 aliphatic carbocycles. The third kappa shape index (κ3) is 2.45. The second-order valence-corrected chi connectivity index (χ2v) is 3.30. The van der Waals surface area contributed by atoms with Crippen LogP contribution in [0.3, 0.4) is 0 Å². The lowest BCUT2D eigenvalue weighted by Crippen LogP contribution is -2.12. The lowest BCUT2D eigenvalue weighted by Gasteiger charge is -2.05. The third-order valence-corrected chi connectivity index (χ3v) is 1.63. The normalized spacial score (nSPS) is 10.3. The number of ketones is 1. The van der Waals surface area contributed by atoms with Gasteiger partial charge >= 0.3 is 5.97 Å². The van der Waals surface area contributed by atoms with E-state index in [2.05, 4.69) is 4.98 Å². The highest BCUT2D eigenvalue weighted by molar-refractivity contribution is 5.95. The van der Waals surface area contributed by atoms with Gasteiger partial charge in [0.2, 0.25) is 0 Å². The van der Waals surface area contributed by atoms with E-state index in [1.807, 2.05) is 0 Å². The van der Waals surface area contributed by atoms with Crippen molar-refractivity contribution in [3.63, 3.8) is 0 Å². The average Bonchev–Trinajstić information content (AvgIpc) is 2.50. The highest BCUT2D eigenvalue weighted by Crippen LogP contribution is 2.05. The molecule has 0 bridgehead atoms. The number of hydrogen-bond acceptors (Lipinski definition) is 3. The molecular formula is C10H13NO3. The number of aromatic amines is 1. The van der Waals surface area contributed by atoms with Gasteiger partial charge in [0, 0.05) is 6.92 Å². The molecule has 0 amide bonds. The van der Waals surface area contributed by atoms with Crippen LogP contribution in [0.2, 0.25) is 0 Å². The molecule has 14 heavy (non-hydrogen) atoms. The standard InChI is InChI=1S/C10H13NO3/c1-6(2)14-10(13)9-5-4-8(11-9)7(3)12/h4-6,11H,1-3H3.